The normalized spacial score (nSPS) is 29.3. The van der Waals surface area contributed by atoms with E-state index in [9.17, 15) is 9.90 Å². The van der Waals surface area contributed by atoms with Crippen LogP contribution in [0.2, 0.25) is 0 Å². The molecule has 6 nitrogen and oxygen atoms in total. The van der Waals surface area contributed by atoms with Crippen molar-refractivity contribution in [1.82, 2.24) is 4.90 Å². The summed E-state index contributed by atoms with van der Waals surface area (Å²) in [5.41, 5.74) is 2.02. The summed E-state index contributed by atoms with van der Waals surface area (Å²) in [4.78, 5) is 14.1. The first-order valence-corrected chi connectivity index (χ1v) is 9.19. The van der Waals surface area contributed by atoms with E-state index in [1.165, 1.54) is 0 Å². The van der Waals surface area contributed by atoms with Gasteiger partial charge in [0.2, 0.25) is 0 Å². The van der Waals surface area contributed by atoms with E-state index in [4.69, 9.17) is 14.2 Å². The number of carbonyl (C=O) groups excluding carboxylic acids is 1. The Morgan fingerprint density at radius 2 is 2.31 bits per heavy atom. The summed E-state index contributed by atoms with van der Waals surface area (Å²) in [7, 11) is 1.64. The molecular formula is C20H25NO5. The van der Waals surface area contributed by atoms with Crippen molar-refractivity contribution in [3.8, 4) is 11.5 Å². The van der Waals surface area contributed by atoms with Gasteiger partial charge in [0.1, 0.15) is 6.10 Å². The number of hydrogen-bond donors (Lipinski definition) is 1. The van der Waals surface area contributed by atoms with Gasteiger partial charge in [-0.1, -0.05) is 18.2 Å². The first-order chi connectivity index (χ1) is 12.6. The van der Waals surface area contributed by atoms with Gasteiger partial charge in [0, 0.05) is 25.1 Å². The van der Waals surface area contributed by atoms with Crippen molar-refractivity contribution in [2.24, 2.45) is 0 Å². The number of aliphatic hydroxyl groups is 1. The molecule has 0 fully saturated rings. The number of ether oxygens (including phenoxy) is 3. The molecule has 3 aliphatic rings. The molecule has 0 saturated carbocycles. The summed E-state index contributed by atoms with van der Waals surface area (Å²) in [5, 5.41) is 10.1. The van der Waals surface area contributed by atoms with Crippen LogP contribution >= 0.6 is 0 Å². The summed E-state index contributed by atoms with van der Waals surface area (Å²) >= 11 is 0. The highest BCUT2D eigenvalue weighted by Crippen LogP contribution is 2.55. The Balaban J connectivity index is 1.74. The standard InChI is InChI=1S/C20H25NO5/c1-3-25-17(23)12-21-9-8-20-7-6-14(22)10-16(20)26-19-15(24-2)5-4-13(11-21)18(19)20/h4-7,14,16,22H,3,8-12H2,1-2H3/t14-,16-,20?/m1/s1. The van der Waals surface area contributed by atoms with E-state index in [1.54, 1.807) is 7.11 Å². The molecule has 26 heavy (non-hydrogen) atoms. The minimum absolute atomic E-state index is 0.116. The van der Waals surface area contributed by atoms with Gasteiger partial charge in [-0.15, -0.1) is 0 Å². The third kappa shape index (κ3) is 2.68. The third-order valence-corrected chi connectivity index (χ3v) is 5.69. The Hall–Kier alpha value is -2.05. The molecule has 3 atom stereocenters. The molecule has 1 N–H and O–H groups in total. The van der Waals surface area contributed by atoms with Crippen LogP contribution < -0.4 is 9.47 Å². The minimum atomic E-state index is -0.492. The Morgan fingerprint density at radius 1 is 1.46 bits per heavy atom. The topological polar surface area (TPSA) is 68.2 Å². The quantitative estimate of drug-likeness (QED) is 0.653. The maximum absolute atomic E-state index is 12.0. The lowest BCUT2D eigenvalue weighted by Crippen LogP contribution is -2.43. The van der Waals surface area contributed by atoms with E-state index < -0.39 is 6.10 Å². The van der Waals surface area contributed by atoms with Gasteiger partial charge >= 0.3 is 5.97 Å². The fourth-order valence-electron chi connectivity index (χ4n) is 4.52. The number of hydrogen-bond acceptors (Lipinski definition) is 6. The SMILES string of the molecule is CCOC(=O)CN1CCC23C=C[C@@H](O)C[C@H]2Oc2c(OC)ccc(c23)C1. The number of nitrogens with zero attached hydrogens (tertiary/aromatic N) is 1. The third-order valence-electron chi connectivity index (χ3n) is 5.69. The van der Waals surface area contributed by atoms with E-state index in [-0.39, 0.29) is 24.0 Å². The zero-order chi connectivity index (χ0) is 18.3. The van der Waals surface area contributed by atoms with Gasteiger partial charge in [-0.3, -0.25) is 9.69 Å². The minimum Gasteiger partial charge on any atom is -0.493 e. The van der Waals surface area contributed by atoms with Gasteiger partial charge in [0.25, 0.3) is 0 Å². The Bertz CT molecular complexity index is 746. The lowest BCUT2D eigenvalue weighted by molar-refractivity contribution is -0.144. The number of aliphatic hydroxyl groups excluding tert-OH is 1. The van der Waals surface area contributed by atoms with Crippen LogP contribution in [0.25, 0.3) is 0 Å². The van der Waals surface area contributed by atoms with Gasteiger partial charge in [0.15, 0.2) is 11.5 Å². The Morgan fingerprint density at radius 3 is 3.08 bits per heavy atom. The molecule has 6 heteroatoms. The van der Waals surface area contributed by atoms with Gasteiger partial charge in [-0.2, -0.15) is 0 Å². The second-order valence-corrected chi connectivity index (χ2v) is 7.21. The molecule has 0 aromatic heterocycles. The Kier molecular flexibility index (Phi) is 4.40. The second kappa shape index (κ2) is 6.59. The molecule has 140 valence electrons. The number of esters is 1. The zero-order valence-electron chi connectivity index (χ0n) is 15.2. The first kappa shape index (κ1) is 17.4. The van der Waals surface area contributed by atoms with Gasteiger partial charge in [0.05, 0.1) is 31.8 Å². The van der Waals surface area contributed by atoms with Crippen molar-refractivity contribution in [3.63, 3.8) is 0 Å². The molecule has 4 rings (SSSR count). The fourth-order valence-corrected chi connectivity index (χ4v) is 4.52. The molecule has 0 saturated heterocycles. The van der Waals surface area contributed by atoms with Crippen molar-refractivity contribution in [1.29, 1.82) is 0 Å². The van der Waals surface area contributed by atoms with Crippen molar-refractivity contribution in [2.45, 2.75) is 43.9 Å². The molecule has 1 aliphatic carbocycles. The summed E-state index contributed by atoms with van der Waals surface area (Å²) in [6.07, 6.45) is 4.76. The molecule has 0 bridgehead atoms. The van der Waals surface area contributed by atoms with Crippen molar-refractivity contribution >= 4 is 5.97 Å². The van der Waals surface area contributed by atoms with Crippen LogP contribution in [0.1, 0.15) is 30.9 Å². The summed E-state index contributed by atoms with van der Waals surface area (Å²) in [6, 6.07) is 3.99. The Labute approximate surface area is 153 Å². The van der Waals surface area contributed by atoms with Gasteiger partial charge < -0.3 is 19.3 Å². The van der Waals surface area contributed by atoms with Crippen LogP contribution in [0.15, 0.2) is 24.3 Å². The summed E-state index contributed by atoms with van der Waals surface area (Å²) < 4.78 is 16.9. The predicted molar refractivity (Wildman–Crippen MR) is 95.4 cm³/mol. The van der Waals surface area contributed by atoms with Crippen LogP contribution in [0, 0.1) is 0 Å². The molecular weight excluding hydrogens is 334 g/mol. The highest BCUT2D eigenvalue weighted by atomic mass is 16.5. The molecule has 1 spiro atoms. The van der Waals surface area contributed by atoms with Crippen LogP contribution in [0.4, 0.5) is 0 Å². The van der Waals surface area contributed by atoms with Crippen molar-refractivity contribution < 1.29 is 24.1 Å². The highest BCUT2D eigenvalue weighted by Gasteiger charge is 2.52. The van der Waals surface area contributed by atoms with Gasteiger partial charge in [-0.05, 0) is 25.0 Å². The van der Waals surface area contributed by atoms with E-state index in [1.807, 2.05) is 19.1 Å². The molecule has 2 aliphatic heterocycles. The number of carbonyl (C=O) groups is 1. The molecule has 2 heterocycles. The number of methoxy groups -OCH3 is 1. The monoisotopic (exact) mass is 359 g/mol. The predicted octanol–water partition coefficient (Wildman–Crippen LogP) is 1.78. The van der Waals surface area contributed by atoms with Gasteiger partial charge in [-0.25, -0.2) is 0 Å². The van der Waals surface area contributed by atoms with Crippen molar-refractivity contribution in [2.75, 3.05) is 26.8 Å². The average molecular weight is 359 g/mol. The number of rotatable bonds is 4. The maximum Gasteiger partial charge on any atom is 0.320 e. The average Bonchev–Trinajstić information content (AvgIpc) is 2.86. The summed E-state index contributed by atoms with van der Waals surface area (Å²) in [5.74, 6) is 1.31. The lowest BCUT2D eigenvalue weighted by atomic mass is 9.69. The summed E-state index contributed by atoms with van der Waals surface area (Å²) in [6.45, 7) is 3.92. The second-order valence-electron chi connectivity index (χ2n) is 7.21. The maximum atomic E-state index is 12.0. The molecule has 1 aromatic rings. The smallest absolute Gasteiger partial charge is 0.320 e. The number of benzene rings is 1. The highest BCUT2D eigenvalue weighted by molar-refractivity contribution is 5.71. The van der Waals surface area contributed by atoms with E-state index in [0.717, 1.165) is 35.6 Å². The molecule has 1 unspecified atom stereocenters. The first-order valence-electron chi connectivity index (χ1n) is 9.19. The van der Waals surface area contributed by atoms with Crippen molar-refractivity contribution in [3.05, 3.63) is 35.4 Å². The van der Waals surface area contributed by atoms with E-state index >= 15 is 0 Å². The van der Waals surface area contributed by atoms with Crippen LogP contribution in [-0.2, 0) is 21.5 Å². The zero-order valence-corrected chi connectivity index (χ0v) is 15.2. The fraction of sp³-hybridized carbons (Fsp3) is 0.550. The largest absolute Gasteiger partial charge is 0.493 e. The molecule has 0 radical (unpaired) electrons. The molecule has 0 amide bonds. The van der Waals surface area contributed by atoms with Crippen LogP contribution in [0.3, 0.4) is 0 Å². The van der Waals surface area contributed by atoms with E-state index in [0.29, 0.717) is 19.6 Å². The van der Waals surface area contributed by atoms with E-state index in [2.05, 4.69) is 17.0 Å². The molecule has 1 aromatic carbocycles. The van der Waals surface area contributed by atoms with Crippen LogP contribution in [0.5, 0.6) is 11.5 Å². The van der Waals surface area contributed by atoms with Crippen LogP contribution in [-0.4, -0.2) is 55.0 Å². The lowest BCUT2D eigenvalue weighted by Gasteiger charge is -2.35.